The Morgan fingerprint density at radius 2 is 2.43 bits per heavy atom. The van der Waals surface area contributed by atoms with E-state index in [0.29, 0.717) is 13.0 Å². The van der Waals surface area contributed by atoms with Gasteiger partial charge in [-0.05, 0) is 6.42 Å². The van der Waals surface area contributed by atoms with Crippen molar-refractivity contribution in [3.8, 4) is 0 Å². The van der Waals surface area contributed by atoms with Crippen molar-refractivity contribution in [1.29, 1.82) is 0 Å². The SMILES string of the molecule is CN(C)c1cncn1CCC(N)C=O. The Balaban J connectivity index is 2.58. The van der Waals surface area contributed by atoms with Crippen molar-refractivity contribution in [2.24, 2.45) is 5.73 Å². The second-order valence-electron chi connectivity index (χ2n) is 3.43. The van der Waals surface area contributed by atoms with Gasteiger partial charge in [-0.2, -0.15) is 0 Å². The number of aromatic nitrogens is 2. The minimum absolute atomic E-state index is 0.382. The highest BCUT2D eigenvalue weighted by molar-refractivity contribution is 5.56. The van der Waals surface area contributed by atoms with E-state index in [1.807, 2.05) is 23.6 Å². The molecular formula is C9H16N4O. The Morgan fingerprint density at radius 1 is 1.71 bits per heavy atom. The molecule has 0 aliphatic heterocycles. The van der Waals surface area contributed by atoms with Crippen molar-refractivity contribution in [3.63, 3.8) is 0 Å². The van der Waals surface area contributed by atoms with E-state index in [9.17, 15) is 4.79 Å². The number of hydrogen-bond donors (Lipinski definition) is 1. The third-order valence-electron chi connectivity index (χ3n) is 2.03. The lowest BCUT2D eigenvalue weighted by molar-refractivity contribution is -0.109. The highest BCUT2D eigenvalue weighted by Crippen LogP contribution is 2.10. The third kappa shape index (κ3) is 2.56. The Hall–Kier alpha value is -1.36. The monoisotopic (exact) mass is 196 g/mol. The van der Waals surface area contributed by atoms with Crippen LogP contribution in [0.2, 0.25) is 0 Å². The predicted octanol–water partition coefficient (Wildman–Crippen LogP) is -0.135. The van der Waals surface area contributed by atoms with E-state index in [1.165, 1.54) is 0 Å². The second-order valence-corrected chi connectivity index (χ2v) is 3.43. The molecule has 1 unspecified atom stereocenters. The summed E-state index contributed by atoms with van der Waals surface area (Å²) in [5.74, 6) is 1.02. The predicted molar refractivity (Wildman–Crippen MR) is 55.2 cm³/mol. The maximum atomic E-state index is 10.3. The number of hydrogen-bond acceptors (Lipinski definition) is 4. The first kappa shape index (κ1) is 10.7. The number of imidazole rings is 1. The van der Waals surface area contributed by atoms with Crippen molar-refractivity contribution in [3.05, 3.63) is 12.5 Å². The zero-order valence-electron chi connectivity index (χ0n) is 8.55. The summed E-state index contributed by atoms with van der Waals surface area (Å²) in [5, 5.41) is 0. The van der Waals surface area contributed by atoms with Crippen LogP contribution < -0.4 is 10.6 Å². The molecule has 5 nitrogen and oxygen atoms in total. The van der Waals surface area contributed by atoms with Crippen molar-refractivity contribution in [1.82, 2.24) is 9.55 Å². The first-order chi connectivity index (χ1) is 6.65. The molecule has 0 aliphatic rings. The van der Waals surface area contributed by atoms with Gasteiger partial charge < -0.3 is 20.0 Å². The fraction of sp³-hybridized carbons (Fsp3) is 0.556. The van der Waals surface area contributed by atoms with Gasteiger partial charge in [0.2, 0.25) is 0 Å². The normalized spacial score (nSPS) is 12.5. The van der Waals surface area contributed by atoms with E-state index in [0.717, 1.165) is 12.1 Å². The summed E-state index contributed by atoms with van der Waals surface area (Å²) in [6, 6.07) is -0.382. The van der Waals surface area contributed by atoms with E-state index < -0.39 is 0 Å². The minimum Gasteiger partial charge on any atom is -0.363 e. The van der Waals surface area contributed by atoms with Gasteiger partial charge in [0, 0.05) is 20.6 Å². The molecule has 0 radical (unpaired) electrons. The van der Waals surface area contributed by atoms with Crippen LogP contribution in [0, 0.1) is 0 Å². The Labute approximate surface area is 83.5 Å². The van der Waals surface area contributed by atoms with Crippen LogP contribution in [0.5, 0.6) is 0 Å². The van der Waals surface area contributed by atoms with Crippen LogP contribution in [-0.4, -0.2) is 36.0 Å². The molecule has 1 aromatic heterocycles. The number of nitrogens with zero attached hydrogens (tertiary/aromatic N) is 3. The maximum Gasteiger partial charge on any atom is 0.136 e. The molecule has 2 N–H and O–H groups in total. The first-order valence-electron chi connectivity index (χ1n) is 4.53. The molecule has 0 spiro atoms. The summed E-state index contributed by atoms with van der Waals surface area (Å²) in [5.41, 5.74) is 5.50. The zero-order valence-corrected chi connectivity index (χ0v) is 8.55. The first-order valence-corrected chi connectivity index (χ1v) is 4.53. The number of rotatable bonds is 5. The third-order valence-corrected chi connectivity index (χ3v) is 2.03. The molecular weight excluding hydrogens is 180 g/mol. The second kappa shape index (κ2) is 4.76. The molecule has 0 amide bonds. The fourth-order valence-corrected chi connectivity index (χ4v) is 1.21. The topological polar surface area (TPSA) is 64.2 Å². The lowest BCUT2D eigenvalue weighted by Gasteiger charge is -2.15. The van der Waals surface area contributed by atoms with Gasteiger partial charge >= 0.3 is 0 Å². The molecule has 0 aliphatic carbocycles. The highest BCUT2D eigenvalue weighted by Gasteiger charge is 2.05. The minimum atomic E-state index is -0.382. The Morgan fingerprint density at radius 3 is 3.00 bits per heavy atom. The van der Waals surface area contributed by atoms with Gasteiger partial charge in [-0.25, -0.2) is 4.98 Å². The number of carbonyl (C=O) groups excluding carboxylic acids is 1. The van der Waals surface area contributed by atoms with Gasteiger partial charge in [0.05, 0.1) is 18.6 Å². The molecule has 1 atom stereocenters. The lowest BCUT2D eigenvalue weighted by Crippen LogP contribution is -2.24. The quantitative estimate of drug-likeness (QED) is 0.666. The summed E-state index contributed by atoms with van der Waals surface area (Å²) in [4.78, 5) is 16.3. The molecule has 1 heterocycles. The van der Waals surface area contributed by atoms with Crippen molar-refractivity contribution >= 4 is 12.1 Å². The van der Waals surface area contributed by atoms with E-state index in [4.69, 9.17) is 5.73 Å². The molecule has 14 heavy (non-hydrogen) atoms. The van der Waals surface area contributed by atoms with Crippen molar-refractivity contribution in [2.75, 3.05) is 19.0 Å². The lowest BCUT2D eigenvalue weighted by atomic mass is 10.2. The van der Waals surface area contributed by atoms with Crippen LogP contribution in [0.4, 0.5) is 5.82 Å². The zero-order chi connectivity index (χ0) is 10.6. The molecule has 0 bridgehead atoms. The van der Waals surface area contributed by atoms with Gasteiger partial charge in [-0.15, -0.1) is 0 Å². The number of aldehydes is 1. The molecule has 0 fully saturated rings. The van der Waals surface area contributed by atoms with Gasteiger partial charge in [0.25, 0.3) is 0 Å². The smallest absolute Gasteiger partial charge is 0.136 e. The number of anilines is 1. The van der Waals surface area contributed by atoms with Crippen molar-refractivity contribution < 1.29 is 4.79 Å². The number of aryl methyl sites for hydroxylation is 1. The summed E-state index contributed by atoms with van der Waals surface area (Å²) in [6.07, 6.45) is 4.94. The van der Waals surface area contributed by atoms with Crippen LogP contribution in [-0.2, 0) is 11.3 Å². The van der Waals surface area contributed by atoms with Gasteiger partial charge in [0.15, 0.2) is 0 Å². The van der Waals surface area contributed by atoms with Crippen LogP contribution >= 0.6 is 0 Å². The molecule has 78 valence electrons. The summed E-state index contributed by atoms with van der Waals surface area (Å²) in [7, 11) is 3.90. The van der Waals surface area contributed by atoms with E-state index in [-0.39, 0.29) is 6.04 Å². The van der Waals surface area contributed by atoms with Crippen molar-refractivity contribution in [2.45, 2.75) is 19.0 Å². The van der Waals surface area contributed by atoms with Gasteiger partial charge in [0.1, 0.15) is 12.1 Å². The number of nitrogens with two attached hydrogens (primary N) is 1. The van der Waals surface area contributed by atoms with Gasteiger partial charge in [-0.3, -0.25) is 0 Å². The van der Waals surface area contributed by atoms with Crippen LogP contribution in [0.3, 0.4) is 0 Å². The van der Waals surface area contributed by atoms with Gasteiger partial charge in [-0.1, -0.05) is 0 Å². The van der Waals surface area contributed by atoms with E-state index >= 15 is 0 Å². The highest BCUT2D eigenvalue weighted by atomic mass is 16.1. The molecule has 0 aromatic carbocycles. The summed E-state index contributed by atoms with van der Waals surface area (Å²) < 4.78 is 1.98. The maximum absolute atomic E-state index is 10.3. The molecule has 1 aromatic rings. The van der Waals surface area contributed by atoms with Crippen LogP contribution in [0.25, 0.3) is 0 Å². The summed E-state index contributed by atoms with van der Waals surface area (Å²) in [6.45, 7) is 0.716. The number of carbonyl (C=O) groups is 1. The molecule has 1 rings (SSSR count). The average molecular weight is 196 g/mol. The molecule has 0 saturated carbocycles. The Kier molecular flexibility index (Phi) is 3.64. The van der Waals surface area contributed by atoms with E-state index in [2.05, 4.69) is 4.98 Å². The van der Waals surface area contributed by atoms with E-state index in [1.54, 1.807) is 12.5 Å². The largest absolute Gasteiger partial charge is 0.363 e. The average Bonchev–Trinajstić information content (AvgIpc) is 2.62. The van der Waals surface area contributed by atoms with Crippen LogP contribution in [0.1, 0.15) is 6.42 Å². The molecule has 5 heteroatoms. The molecule has 0 saturated heterocycles. The standard InChI is InChI=1S/C9H16N4O/c1-12(2)9-5-11-7-13(9)4-3-8(10)6-14/h5-8H,3-4,10H2,1-2H3. The fourth-order valence-electron chi connectivity index (χ4n) is 1.21. The van der Waals surface area contributed by atoms with Crippen LogP contribution in [0.15, 0.2) is 12.5 Å². The summed E-state index contributed by atoms with van der Waals surface area (Å²) >= 11 is 0. The Bertz CT molecular complexity index is 295.